The second-order valence-electron chi connectivity index (χ2n) is 5.51. The van der Waals surface area contributed by atoms with Crippen molar-refractivity contribution in [2.75, 3.05) is 38.0 Å². The molecule has 22 heavy (non-hydrogen) atoms. The number of carbonyl (C=O) groups is 1. The summed E-state index contributed by atoms with van der Waals surface area (Å²) in [6.45, 7) is 8.72. The smallest absolute Gasteiger partial charge is 0.238 e. The number of nitrogens with one attached hydrogen (secondary N) is 2. The van der Waals surface area contributed by atoms with E-state index in [9.17, 15) is 4.79 Å². The molecule has 1 aliphatic rings. The molecule has 0 spiro atoms. The normalized spacial score (nSPS) is 16.1. The number of amides is 1. The Kier molecular flexibility index (Phi) is 10.4. The first-order valence-electron chi connectivity index (χ1n) is 7.52. The summed E-state index contributed by atoms with van der Waals surface area (Å²) in [7, 11) is 0. The van der Waals surface area contributed by atoms with E-state index in [1.54, 1.807) is 0 Å². The summed E-state index contributed by atoms with van der Waals surface area (Å²) in [5, 5.41) is 6.26. The number of rotatable bonds is 5. The number of hydrogen-bond donors (Lipinski definition) is 2. The quantitative estimate of drug-likeness (QED) is 0.860. The molecule has 1 heterocycles. The van der Waals surface area contributed by atoms with E-state index in [1.807, 2.05) is 12.1 Å². The SMILES string of the molecule is CCC(C)c1ccc(NC(=O)CN2CCNCC2)cc1.Cl.Cl. The van der Waals surface area contributed by atoms with E-state index in [4.69, 9.17) is 0 Å². The summed E-state index contributed by atoms with van der Waals surface area (Å²) in [4.78, 5) is 14.2. The van der Waals surface area contributed by atoms with Gasteiger partial charge in [0.2, 0.25) is 5.91 Å². The molecule has 1 fully saturated rings. The van der Waals surface area contributed by atoms with Crippen molar-refractivity contribution in [3.05, 3.63) is 29.8 Å². The van der Waals surface area contributed by atoms with Gasteiger partial charge in [-0.3, -0.25) is 9.69 Å². The number of halogens is 2. The fourth-order valence-corrected chi connectivity index (χ4v) is 2.40. The third kappa shape index (κ3) is 6.53. The number of nitrogens with zero attached hydrogens (tertiary/aromatic N) is 1. The summed E-state index contributed by atoms with van der Waals surface area (Å²) >= 11 is 0. The van der Waals surface area contributed by atoms with Gasteiger partial charge in [0.05, 0.1) is 6.54 Å². The fraction of sp³-hybridized carbons (Fsp3) is 0.562. The second kappa shape index (κ2) is 10.8. The van der Waals surface area contributed by atoms with Crippen LogP contribution in [0.4, 0.5) is 5.69 Å². The average molecular weight is 348 g/mol. The highest BCUT2D eigenvalue weighted by Crippen LogP contribution is 2.20. The molecule has 126 valence electrons. The first-order valence-corrected chi connectivity index (χ1v) is 7.52. The summed E-state index contributed by atoms with van der Waals surface area (Å²) < 4.78 is 0. The molecule has 4 nitrogen and oxygen atoms in total. The molecular weight excluding hydrogens is 321 g/mol. The molecule has 1 unspecified atom stereocenters. The monoisotopic (exact) mass is 347 g/mol. The van der Waals surface area contributed by atoms with Crippen LogP contribution in [0.15, 0.2) is 24.3 Å². The number of anilines is 1. The van der Waals surface area contributed by atoms with Crippen LogP contribution in [-0.4, -0.2) is 43.5 Å². The van der Waals surface area contributed by atoms with Gasteiger partial charge in [-0.05, 0) is 30.0 Å². The Morgan fingerprint density at radius 2 is 1.82 bits per heavy atom. The van der Waals surface area contributed by atoms with Crippen molar-refractivity contribution >= 4 is 36.4 Å². The summed E-state index contributed by atoms with van der Waals surface area (Å²) in [6, 6.07) is 8.21. The fourth-order valence-electron chi connectivity index (χ4n) is 2.40. The zero-order chi connectivity index (χ0) is 14.4. The molecule has 0 saturated carbocycles. The second-order valence-corrected chi connectivity index (χ2v) is 5.51. The Bertz CT molecular complexity index is 434. The maximum Gasteiger partial charge on any atom is 0.238 e. The van der Waals surface area contributed by atoms with Gasteiger partial charge in [-0.25, -0.2) is 0 Å². The maximum absolute atomic E-state index is 12.0. The Balaban J connectivity index is 0.00000220. The minimum absolute atomic E-state index is 0. The highest BCUT2D eigenvalue weighted by molar-refractivity contribution is 5.92. The van der Waals surface area contributed by atoms with Crippen LogP contribution in [0.5, 0.6) is 0 Å². The minimum Gasteiger partial charge on any atom is -0.325 e. The van der Waals surface area contributed by atoms with E-state index in [0.717, 1.165) is 38.3 Å². The Labute approximate surface area is 145 Å². The van der Waals surface area contributed by atoms with Crippen LogP contribution < -0.4 is 10.6 Å². The van der Waals surface area contributed by atoms with Crippen molar-refractivity contribution in [3.8, 4) is 0 Å². The molecule has 1 aliphatic heterocycles. The Morgan fingerprint density at radius 3 is 2.36 bits per heavy atom. The van der Waals surface area contributed by atoms with Gasteiger partial charge in [0.25, 0.3) is 0 Å². The van der Waals surface area contributed by atoms with E-state index >= 15 is 0 Å². The zero-order valence-electron chi connectivity index (χ0n) is 13.3. The third-order valence-corrected chi connectivity index (χ3v) is 3.95. The first-order chi connectivity index (χ1) is 9.69. The van der Waals surface area contributed by atoms with Crippen molar-refractivity contribution in [2.24, 2.45) is 0 Å². The van der Waals surface area contributed by atoms with E-state index in [0.29, 0.717) is 12.5 Å². The Morgan fingerprint density at radius 1 is 1.23 bits per heavy atom. The van der Waals surface area contributed by atoms with Gasteiger partial charge in [-0.2, -0.15) is 0 Å². The van der Waals surface area contributed by atoms with E-state index < -0.39 is 0 Å². The van der Waals surface area contributed by atoms with Crippen LogP contribution in [0.2, 0.25) is 0 Å². The van der Waals surface area contributed by atoms with E-state index in [1.165, 1.54) is 5.56 Å². The topological polar surface area (TPSA) is 44.4 Å². The summed E-state index contributed by atoms with van der Waals surface area (Å²) in [6.07, 6.45) is 1.13. The minimum atomic E-state index is 0. The third-order valence-electron chi connectivity index (χ3n) is 3.95. The molecule has 0 bridgehead atoms. The molecule has 1 amide bonds. The molecule has 2 rings (SSSR count). The Hall–Kier alpha value is -0.810. The lowest BCUT2D eigenvalue weighted by molar-refractivity contribution is -0.117. The molecule has 1 aromatic carbocycles. The van der Waals surface area contributed by atoms with Crippen molar-refractivity contribution in [1.29, 1.82) is 0 Å². The van der Waals surface area contributed by atoms with Gasteiger partial charge in [0.1, 0.15) is 0 Å². The molecule has 0 aromatic heterocycles. The number of carbonyl (C=O) groups excluding carboxylic acids is 1. The van der Waals surface area contributed by atoms with Crippen molar-refractivity contribution in [3.63, 3.8) is 0 Å². The molecule has 1 aromatic rings. The van der Waals surface area contributed by atoms with Crippen LogP contribution >= 0.6 is 24.8 Å². The molecule has 0 aliphatic carbocycles. The van der Waals surface area contributed by atoms with Crippen LogP contribution in [0.1, 0.15) is 31.7 Å². The van der Waals surface area contributed by atoms with Crippen LogP contribution in [0.25, 0.3) is 0 Å². The molecule has 6 heteroatoms. The van der Waals surface area contributed by atoms with E-state index in [2.05, 4.69) is 41.5 Å². The molecule has 1 saturated heterocycles. The summed E-state index contributed by atoms with van der Waals surface area (Å²) in [5.41, 5.74) is 2.21. The zero-order valence-corrected chi connectivity index (χ0v) is 14.9. The van der Waals surface area contributed by atoms with E-state index in [-0.39, 0.29) is 30.7 Å². The average Bonchev–Trinajstić information content (AvgIpc) is 2.48. The van der Waals surface area contributed by atoms with Crippen LogP contribution in [0, 0.1) is 0 Å². The van der Waals surface area contributed by atoms with Gasteiger partial charge < -0.3 is 10.6 Å². The van der Waals surface area contributed by atoms with Crippen LogP contribution in [-0.2, 0) is 4.79 Å². The predicted molar refractivity (Wildman–Crippen MR) is 97.6 cm³/mol. The predicted octanol–water partition coefficient (Wildman–Crippen LogP) is 2.89. The molecular formula is C16H27Cl2N3O. The van der Waals surface area contributed by atoms with Crippen molar-refractivity contribution in [2.45, 2.75) is 26.2 Å². The number of piperazine rings is 1. The van der Waals surface area contributed by atoms with Gasteiger partial charge >= 0.3 is 0 Å². The van der Waals surface area contributed by atoms with Gasteiger partial charge in [-0.1, -0.05) is 26.0 Å². The lowest BCUT2D eigenvalue weighted by Gasteiger charge is -2.26. The van der Waals surface area contributed by atoms with Gasteiger partial charge in [0, 0.05) is 31.9 Å². The number of hydrogen-bond acceptors (Lipinski definition) is 3. The lowest BCUT2D eigenvalue weighted by Crippen LogP contribution is -2.46. The number of benzene rings is 1. The molecule has 0 radical (unpaired) electrons. The standard InChI is InChI=1S/C16H25N3O.2ClH/c1-3-13(2)14-4-6-15(7-5-14)18-16(20)12-19-10-8-17-9-11-19;;/h4-7,13,17H,3,8-12H2,1-2H3,(H,18,20);2*1H. The first kappa shape index (κ1) is 21.2. The maximum atomic E-state index is 12.0. The molecule has 1 atom stereocenters. The lowest BCUT2D eigenvalue weighted by atomic mass is 9.99. The van der Waals surface area contributed by atoms with Gasteiger partial charge in [-0.15, -0.1) is 24.8 Å². The largest absolute Gasteiger partial charge is 0.325 e. The van der Waals surface area contributed by atoms with Gasteiger partial charge in [0.15, 0.2) is 0 Å². The summed E-state index contributed by atoms with van der Waals surface area (Å²) in [5.74, 6) is 0.642. The van der Waals surface area contributed by atoms with Crippen LogP contribution in [0.3, 0.4) is 0 Å². The molecule has 2 N–H and O–H groups in total. The highest BCUT2D eigenvalue weighted by atomic mass is 35.5. The van der Waals surface area contributed by atoms with Crippen molar-refractivity contribution in [1.82, 2.24) is 10.2 Å². The van der Waals surface area contributed by atoms with Crippen molar-refractivity contribution < 1.29 is 4.79 Å². The highest BCUT2D eigenvalue weighted by Gasteiger charge is 2.13.